The molecule has 114 valence electrons. The molecule has 1 atom stereocenters. The summed E-state index contributed by atoms with van der Waals surface area (Å²) in [5, 5.41) is 22.6. The number of amides is 1. The van der Waals surface area contributed by atoms with Crippen LogP contribution in [0.2, 0.25) is 0 Å². The number of benzene rings is 1. The van der Waals surface area contributed by atoms with Crippen molar-refractivity contribution in [3.05, 3.63) is 36.2 Å². The van der Waals surface area contributed by atoms with E-state index in [2.05, 4.69) is 20.8 Å². The van der Waals surface area contributed by atoms with Gasteiger partial charge in [0.15, 0.2) is 0 Å². The normalized spacial score (nSPS) is 15.3. The zero-order chi connectivity index (χ0) is 15.5. The number of hydrogen-bond donors (Lipinski definition) is 2. The van der Waals surface area contributed by atoms with Crippen molar-refractivity contribution in [3.63, 3.8) is 0 Å². The van der Waals surface area contributed by atoms with Gasteiger partial charge in [-0.05, 0) is 41.0 Å². The van der Waals surface area contributed by atoms with Gasteiger partial charge >= 0.3 is 5.97 Å². The first-order chi connectivity index (χ1) is 10.6. The SMILES string of the molecule is O=C(NC(CC1CC1)C(=O)O)c1cccc(-n2cnnn2)c1. The van der Waals surface area contributed by atoms with Crippen molar-refractivity contribution in [2.45, 2.75) is 25.3 Å². The van der Waals surface area contributed by atoms with Crippen LogP contribution in [0.5, 0.6) is 0 Å². The molecule has 1 aliphatic rings. The summed E-state index contributed by atoms with van der Waals surface area (Å²) in [6.45, 7) is 0. The number of carbonyl (C=O) groups is 2. The van der Waals surface area contributed by atoms with E-state index < -0.39 is 17.9 Å². The maximum absolute atomic E-state index is 12.2. The largest absolute Gasteiger partial charge is 0.480 e. The monoisotopic (exact) mass is 301 g/mol. The molecule has 1 aromatic carbocycles. The fourth-order valence-corrected chi connectivity index (χ4v) is 2.22. The van der Waals surface area contributed by atoms with E-state index in [-0.39, 0.29) is 0 Å². The summed E-state index contributed by atoms with van der Waals surface area (Å²) in [6, 6.07) is 5.84. The van der Waals surface area contributed by atoms with Crippen molar-refractivity contribution < 1.29 is 14.7 Å². The second-order valence-electron chi connectivity index (χ2n) is 5.35. The van der Waals surface area contributed by atoms with E-state index in [0.717, 1.165) is 12.8 Å². The minimum Gasteiger partial charge on any atom is -0.480 e. The highest BCUT2D eigenvalue weighted by Crippen LogP contribution is 2.33. The molecule has 0 bridgehead atoms. The first kappa shape index (κ1) is 14.2. The van der Waals surface area contributed by atoms with Crippen LogP contribution in [0, 0.1) is 5.92 Å². The van der Waals surface area contributed by atoms with Crippen LogP contribution in [0.1, 0.15) is 29.6 Å². The predicted octanol–water partition coefficient (Wildman–Crippen LogP) is 0.645. The summed E-state index contributed by atoms with van der Waals surface area (Å²) >= 11 is 0. The Bertz CT molecular complexity index is 682. The Morgan fingerprint density at radius 1 is 1.41 bits per heavy atom. The first-order valence-corrected chi connectivity index (χ1v) is 7.00. The van der Waals surface area contributed by atoms with Crippen LogP contribution < -0.4 is 5.32 Å². The van der Waals surface area contributed by atoms with Crippen LogP contribution in [-0.4, -0.2) is 43.2 Å². The molecule has 0 saturated heterocycles. The maximum atomic E-state index is 12.2. The Labute approximate surface area is 126 Å². The number of nitrogens with one attached hydrogen (secondary N) is 1. The summed E-state index contributed by atoms with van der Waals surface area (Å²) in [5.41, 5.74) is 1.00. The Morgan fingerprint density at radius 3 is 2.86 bits per heavy atom. The molecule has 1 fully saturated rings. The second kappa shape index (κ2) is 5.92. The Morgan fingerprint density at radius 2 is 2.23 bits per heavy atom. The lowest BCUT2D eigenvalue weighted by atomic mass is 10.1. The van der Waals surface area contributed by atoms with Crippen molar-refractivity contribution in [1.29, 1.82) is 0 Å². The highest BCUT2D eigenvalue weighted by molar-refractivity contribution is 5.97. The fraction of sp³-hybridized carbons (Fsp3) is 0.357. The van der Waals surface area contributed by atoms with Crippen LogP contribution in [-0.2, 0) is 4.79 Å². The Kier molecular flexibility index (Phi) is 3.82. The minimum atomic E-state index is -1.00. The molecule has 0 spiro atoms. The lowest BCUT2D eigenvalue weighted by Gasteiger charge is -2.14. The van der Waals surface area contributed by atoms with Crippen molar-refractivity contribution in [1.82, 2.24) is 25.5 Å². The molecule has 8 nitrogen and oxygen atoms in total. The number of aliphatic carboxylic acids is 1. The molecule has 1 saturated carbocycles. The molecule has 0 radical (unpaired) electrons. The van der Waals surface area contributed by atoms with E-state index in [1.54, 1.807) is 24.3 Å². The molecule has 1 heterocycles. The smallest absolute Gasteiger partial charge is 0.326 e. The average molecular weight is 301 g/mol. The van der Waals surface area contributed by atoms with Gasteiger partial charge in [-0.15, -0.1) is 5.10 Å². The van der Waals surface area contributed by atoms with Crippen LogP contribution in [0.3, 0.4) is 0 Å². The van der Waals surface area contributed by atoms with Crippen molar-refractivity contribution in [2.24, 2.45) is 5.92 Å². The third-order valence-corrected chi connectivity index (χ3v) is 3.59. The number of carboxylic acids is 1. The highest BCUT2D eigenvalue weighted by atomic mass is 16.4. The number of carboxylic acid groups (broad SMARTS) is 1. The van der Waals surface area contributed by atoms with Gasteiger partial charge in [-0.25, -0.2) is 9.48 Å². The van der Waals surface area contributed by atoms with Gasteiger partial charge in [0, 0.05) is 5.56 Å². The lowest BCUT2D eigenvalue weighted by molar-refractivity contribution is -0.139. The van der Waals surface area contributed by atoms with Gasteiger partial charge in [-0.1, -0.05) is 18.9 Å². The molecule has 1 unspecified atom stereocenters. The van der Waals surface area contributed by atoms with E-state index in [1.165, 1.54) is 11.0 Å². The average Bonchev–Trinajstić information content (AvgIpc) is 3.16. The minimum absolute atomic E-state index is 0.370. The van der Waals surface area contributed by atoms with Crippen LogP contribution in [0.4, 0.5) is 0 Å². The molecular weight excluding hydrogens is 286 g/mol. The van der Waals surface area contributed by atoms with Gasteiger partial charge in [0.05, 0.1) is 5.69 Å². The Balaban J connectivity index is 1.73. The highest BCUT2D eigenvalue weighted by Gasteiger charge is 2.30. The molecule has 0 aliphatic heterocycles. The van der Waals surface area contributed by atoms with Crippen LogP contribution in [0.25, 0.3) is 5.69 Å². The number of rotatable bonds is 6. The van der Waals surface area contributed by atoms with Crippen molar-refractivity contribution in [2.75, 3.05) is 0 Å². The number of aromatic nitrogens is 4. The quantitative estimate of drug-likeness (QED) is 0.810. The maximum Gasteiger partial charge on any atom is 0.326 e. The van der Waals surface area contributed by atoms with Crippen molar-refractivity contribution >= 4 is 11.9 Å². The molecule has 1 amide bonds. The zero-order valence-electron chi connectivity index (χ0n) is 11.7. The Hall–Kier alpha value is -2.77. The number of nitrogens with zero attached hydrogens (tertiary/aromatic N) is 4. The fourth-order valence-electron chi connectivity index (χ4n) is 2.22. The zero-order valence-corrected chi connectivity index (χ0v) is 11.7. The van der Waals surface area contributed by atoms with Crippen LogP contribution >= 0.6 is 0 Å². The van der Waals surface area contributed by atoms with E-state index in [0.29, 0.717) is 23.6 Å². The standard InChI is InChI=1S/C14H15N5O3/c20-13(16-12(14(21)22)6-9-4-5-9)10-2-1-3-11(7-10)19-8-15-17-18-19/h1-3,7-9,12H,4-6H2,(H,16,20)(H,21,22). The molecule has 22 heavy (non-hydrogen) atoms. The van der Waals surface area contributed by atoms with E-state index in [4.69, 9.17) is 0 Å². The summed E-state index contributed by atoms with van der Waals surface area (Å²) < 4.78 is 1.43. The van der Waals surface area contributed by atoms with E-state index in [9.17, 15) is 14.7 Å². The third-order valence-electron chi connectivity index (χ3n) is 3.59. The number of tetrazole rings is 1. The summed E-state index contributed by atoms with van der Waals surface area (Å²) in [5.74, 6) is -1.01. The lowest BCUT2D eigenvalue weighted by Crippen LogP contribution is -2.41. The number of hydrogen-bond acceptors (Lipinski definition) is 5. The van der Waals surface area contributed by atoms with Gasteiger partial charge in [0.2, 0.25) is 0 Å². The van der Waals surface area contributed by atoms with E-state index >= 15 is 0 Å². The van der Waals surface area contributed by atoms with Gasteiger partial charge in [-0.3, -0.25) is 4.79 Å². The molecule has 1 aromatic heterocycles. The third kappa shape index (κ3) is 3.27. The predicted molar refractivity (Wildman–Crippen MR) is 75.4 cm³/mol. The summed E-state index contributed by atoms with van der Waals surface area (Å²) in [6.07, 6.45) is 3.97. The van der Waals surface area contributed by atoms with Gasteiger partial charge in [0.1, 0.15) is 12.4 Å². The van der Waals surface area contributed by atoms with Gasteiger partial charge < -0.3 is 10.4 Å². The number of carbonyl (C=O) groups excluding carboxylic acids is 1. The summed E-state index contributed by atoms with van der Waals surface area (Å²) in [7, 11) is 0. The van der Waals surface area contributed by atoms with E-state index in [1.807, 2.05) is 0 Å². The topological polar surface area (TPSA) is 110 Å². The molecule has 1 aliphatic carbocycles. The van der Waals surface area contributed by atoms with Crippen molar-refractivity contribution in [3.8, 4) is 5.69 Å². The second-order valence-corrected chi connectivity index (χ2v) is 5.35. The molecular formula is C14H15N5O3. The molecule has 2 aromatic rings. The van der Waals surface area contributed by atoms with Crippen LogP contribution in [0.15, 0.2) is 30.6 Å². The molecule has 2 N–H and O–H groups in total. The van der Waals surface area contributed by atoms with Gasteiger partial charge in [0.25, 0.3) is 5.91 Å². The molecule has 3 rings (SSSR count). The first-order valence-electron chi connectivity index (χ1n) is 7.00. The molecule has 8 heteroatoms. The van der Waals surface area contributed by atoms with Gasteiger partial charge in [-0.2, -0.15) is 0 Å². The summed E-state index contributed by atoms with van der Waals surface area (Å²) in [4.78, 5) is 23.5.